The SMILES string of the molecule is C[C@@H]1O[C@@H](O)[C@H](O)[C@H](O)[C@H]1O[C@H]1O[C@H](CO)[C@@H](O)[C@H](O[C@H]2O[C@H](C)[C@@H](O)C[C@H]2O)[C@@H]1O[C@@H]1O[C@H](CO)[C@H](O)[C@H](O)[C@H]1O. The molecule has 4 aliphatic rings. The molecule has 0 aliphatic carbocycles. The van der Waals surface area contributed by atoms with E-state index in [1.807, 2.05) is 0 Å². The summed E-state index contributed by atoms with van der Waals surface area (Å²) in [7, 11) is 0. The van der Waals surface area contributed by atoms with Crippen LogP contribution in [0.5, 0.6) is 0 Å². The predicted octanol–water partition coefficient (Wildman–Crippen LogP) is -6.66. The van der Waals surface area contributed by atoms with Crippen molar-refractivity contribution in [2.45, 2.75) is 137 Å². The Balaban J connectivity index is 1.66. The van der Waals surface area contributed by atoms with Crippen molar-refractivity contribution in [1.82, 2.24) is 0 Å². The van der Waals surface area contributed by atoms with Crippen molar-refractivity contribution < 1.29 is 89.3 Å². The van der Waals surface area contributed by atoms with Crippen molar-refractivity contribution in [3.63, 3.8) is 0 Å². The lowest BCUT2D eigenvalue weighted by atomic mass is 9.95. The second-order valence-corrected chi connectivity index (χ2v) is 11.0. The van der Waals surface area contributed by atoms with Crippen molar-refractivity contribution in [3.05, 3.63) is 0 Å². The Kier molecular flexibility index (Phi) is 11.5. The molecule has 0 amide bonds. The number of aliphatic hydroxyl groups is 11. The van der Waals surface area contributed by atoms with E-state index >= 15 is 0 Å². The van der Waals surface area contributed by atoms with E-state index in [9.17, 15) is 56.2 Å². The van der Waals surface area contributed by atoms with Gasteiger partial charge in [-0.2, -0.15) is 0 Å². The van der Waals surface area contributed by atoms with Crippen molar-refractivity contribution in [2.24, 2.45) is 0 Å². The highest BCUT2D eigenvalue weighted by atomic mass is 16.8. The average Bonchev–Trinajstić information content (AvgIpc) is 2.95. The quantitative estimate of drug-likeness (QED) is 0.120. The highest BCUT2D eigenvalue weighted by molar-refractivity contribution is 4.97. The fourth-order valence-electron chi connectivity index (χ4n) is 5.37. The molecule has 4 rings (SSSR count). The van der Waals surface area contributed by atoms with E-state index in [-0.39, 0.29) is 6.42 Å². The molecular weight excluding hydrogens is 576 g/mol. The third-order valence-corrected chi connectivity index (χ3v) is 8.00. The maximum Gasteiger partial charge on any atom is 0.187 e. The summed E-state index contributed by atoms with van der Waals surface area (Å²) in [6, 6.07) is 0. The number of ether oxygens (including phenoxy) is 7. The molecule has 0 spiro atoms. The molecule has 0 aromatic carbocycles. The van der Waals surface area contributed by atoms with Crippen molar-refractivity contribution in [2.75, 3.05) is 13.2 Å². The van der Waals surface area contributed by atoms with Crippen LogP contribution in [0.1, 0.15) is 20.3 Å². The molecule has 0 radical (unpaired) electrons. The summed E-state index contributed by atoms with van der Waals surface area (Å²) in [5.41, 5.74) is 0. The zero-order valence-corrected chi connectivity index (χ0v) is 22.9. The Morgan fingerprint density at radius 2 is 1.07 bits per heavy atom. The molecule has 42 heavy (non-hydrogen) atoms. The third-order valence-electron chi connectivity index (χ3n) is 8.00. The Morgan fingerprint density at radius 1 is 0.500 bits per heavy atom. The fraction of sp³-hybridized carbons (Fsp3) is 1.00. The molecule has 18 nitrogen and oxygen atoms in total. The van der Waals surface area contributed by atoms with Gasteiger partial charge in [0.05, 0.1) is 31.5 Å². The van der Waals surface area contributed by atoms with Gasteiger partial charge in [0.25, 0.3) is 0 Å². The molecule has 0 unspecified atom stereocenters. The van der Waals surface area contributed by atoms with Gasteiger partial charge in [-0.15, -0.1) is 0 Å². The second kappa shape index (κ2) is 14.1. The van der Waals surface area contributed by atoms with Gasteiger partial charge in [-0.1, -0.05) is 0 Å². The van der Waals surface area contributed by atoms with Crippen LogP contribution in [0.15, 0.2) is 0 Å². The molecule has 4 aliphatic heterocycles. The van der Waals surface area contributed by atoms with Gasteiger partial charge in [-0.3, -0.25) is 0 Å². The zero-order chi connectivity index (χ0) is 31.0. The Hall–Kier alpha value is -0.720. The first-order valence-corrected chi connectivity index (χ1v) is 13.7. The minimum atomic E-state index is -1.91. The van der Waals surface area contributed by atoms with Gasteiger partial charge in [-0.05, 0) is 13.8 Å². The topological polar surface area (TPSA) is 287 Å². The van der Waals surface area contributed by atoms with Crippen LogP contribution < -0.4 is 0 Å². The van der Waals surface area contributed by atoms with Gasteiger partial charge in [0.2, 0.25) is 0 Å². The van der Waals surface area contributed by atoms with Gasteiger partial charge >= 0.3 is 0 Å². The molecule has 0 aromatic rings. The minimum absolute atomic E-state index is 0.157. The lowest BCUT2D eigenvalue weighted by Crippen LogP contribution is -2.67. The largest absolute Gasteiger partial charge is 0.394 e. The standard InChI is InChI=1S/C24H42O18/c1-6-8(27)3-9(28)22(37-6)41-19-13(30)11(5-26)39-24(40-18-7(2)36-21(35)16(33)15(18)32)20(19)42-23-17(34)14(31)12(29)10(4-25)38-23/h6-35H,3-5H2,1-2H3/t6-,7+,8+,9-,10-,11-,12+,13-,14+,15+,16-,17-,18+,19+,20+,21-,22-,23+,24-/m1/s1. The van der Waals surface area contributed by atoms with Gasteiger partial charge in [-0.25, -0.2) is 0 Å². The summed E-state index contributed by atoms with van der Waals surface area (Å²) in [6.07, 6.45) is -29.4. The van der Waals surface area contributed by atoms with E-state index in [4.69, 9.17) is 33.2 Å². The van der Waals surface area contributed by atoms with Crippen LogP contribution in [0.25, 0.3) is 0 Å². The summed E-state index contributed by atoms with van der Waals surface area (Å²) in [6.45, 7) is 1.35. The molecule has 0 saturated carbocycles. The van der Waals surface area contributed by atoms with Crippen LogP contribution >= 0.6 is 0 Å². The molecule has 0 aromatic heterocycles. The van der Waals surface area contributed by atoms with Crippen LogP contribution in [-0.4, -0.2) is 186 Å². The maximum atomic E-state index is 11.1. The van der Waals surface area contributed by atoms with E-state index < -0.39 is 130 Å². The van der Waals surface area contributed by atoms with E-state index in [2.05, 4.69) is 0 Å². The van der Waals surface area contributed by atoms with Gasteiger partial charge in [0, 0.05) is 6.42 Å². The molecule has 0 bridgehead atoms. The normalized spacial score (nSPS) is 54.1. The average molecular weight is 619 g/mol. The summed E-state index contributed by atoms with van der Waals surface area (Å²) < 4.78 is 39.6. The van der Waals surface area contributed by atoms with Crippen LogP contribution in [0.2, 0.25) is 0 Å². The second-order valence-electron chi connectivity index (χ2n) is 11.0. The molecular formula is C24H42O18. The van der Waals surface area contributed by atoms with Crippen LogP contribution in [0, 0.1) is 0 Å². The van der Waals surface area contributed by atoms with Crippen molar-refractivity contribution in [3.8, 4) is 0 Å². The molecule has 4 heterocycles. The van der Waals surface area contributed by atoms with Gasteiger partial charge in [0.1, 0.15) is 73.2 Å². The first-order chi connectivity index (χ1) is 19.8. The Morgan fingerprint density at radius 3 is 1.71 bits per heavy atom. The van der Waals surface area contributed by atoms with Crippen LogP contribution in [0.3, 0.4) is 0 Å². The maximum absolute atomic E-state index is 11.1. The van der Waals surface area contributed by atoms with E-state index in [1.54, 1.807) is 0 Å². The highest BCUT2D eigenvalue weighted by Gasteiger charge is 2.55. The highest BCUT2D eigenvalue weighted by Crippen LogP contribution is 2.35. The van der Waals surface area contributed by atoms with Crippen LogP contribution in [-0.2, 0) is 33.2 Å². The van der Waals surface area contributed by atoms with E-state index in [1.165, 1.54) is 13.8 Å². The summed E-state index contributed by atoms with van der Waals surface area (Å²) in [5, 5.41) is 113. The minimum Gasteiger partial charge on any atom is -0.394 e. The first-order valence-electron chi connectivity index (χ1n) is 13.7. The Labute approximate surface area is 240 Å². The van der Waals surface area contributed by atoms with Crippen molar-refractivity contribution in [1.29, 1.82) is 0 Å². The van der Waals surface area contributed by atoms with E-state index in [0.717, 1.165) is 0 Å². The molecule has 19 atom stereocenters. The zero-order valence-electron chi connectivity index (χ0n) is 22.9. The third kappa shape index (κ3) is 6.91. The summed E-state index contributed by atoms with van der Waals surface area (Å²) in [5.74, 6) is 0. The number of rotatable bonds is 8. The Bertz CT molecular complexity index is 852. The lowest BCUT2D eigenvalue weighted by molar-refractivity contribution is -0.401. The monoisotopic (exact) mass is 618 g/mol. The van der Waals surface area contributed by atoms with Gasteiger partial charge < -0.3 is 89.3 Å². The van der Waals surface area contributed by atoms with Crippen LogP contribution in [0.4, 0.5) is 0 Å². The first kappa shape index (κ1) is 34.2. The fourth-order valence-corrected chi connectivity index (χ4v) is 5.37. The van der Waals surface area contributed by atoms with Gasteiger partial charge in [0.15, 0.2) is 25.2 Å². The lowest BCUT2D eigenvalue weighted by Gasteiger charge is -2.50. The number of hydrogen-bond donors (Lipinski definition) is 11. The number of hydrogen-bond acceptors (Lipinski definition) is 18. The molecule has 18 heteroatoms. The predicted molar refractivity (Wildman–Crippen MR) is 130 cm³/mol. The van der Waals surface area contributed by atoms with Crippen molar-refractivity contribution >= 4 is 0 Å². The van der Waals surface area contributed by atoms with E-state index in [0.29, 0.717) is 0 Å². The molecule has 11 N–H and O–H groups in total. The smallest absolute Gasteiger partial charge is 0.187 e. The number of aliphatic hydroxyl groups excluding tert-OH is 11. The summed E-state index contributed by atoms with van der Waals surface area (Å²) in [4.78, 5) is 0. The molecule has 4 fully saturated rings. The molecule has 246 valence electrons. The summed E-state index contributed by atoms with van der Waals surface area (Å²) >= 11 is 0. The molecule has 4 saturated heterocycles.